The second-order valence-electron chi connectivity index (χ2n) is 6.37. The van der Waals surface area contributed by atoms with Crippen LogP contribution in [0.4, 0.5) is 4.39 Å². The zero-order valence-corrected chi connectivity index (χ0v) is 18.5. The average molecular weight is 480 g/mol. The topological polar surface area (TPSA) is 66.0 Å². The third kappa shape index (κ3) is 8.20. The summed E-state index contributed by atoms with van der Waals surface area (Å²) in [5.41, 5.74) is -0.544. The van der Waals surface area contributed by atoms with Gasteiger partial charge in [-0.25, -0.2) is 4.39 Å². The number of nitrogens with one attached hydrogen (secondary N) is 2. The molecular formula is C18H30FIN4O2. The van der Waals surface area contributed by atoms with E-state index >= 15 is 0 Å². The lowest BCUT2D eigenvalue weighted by molar-refractivity contribution is -0.128. The first kappa shape index (κ1) is 24.4. The standard InChI is InChI=1S/C18H29FN4O2.HI/c1-6-21-16(24)18(2,3)13-22-17(20-4)23(5)11-12-25-15-9-7-14(19)8-10-15;/h7-10H,6,11-13H2,1-5H3,(H,20,22)(H,21,24);1H. The second-order valence-corrected chi connectivity index (χ2v) is 6.37. The molecule has 0 heterocycles. The number of aliphatic imine (C=N–C) groups is 1. The fraction of sp³-hybridized carbons (Fsp3) is 0.556. The van der Waals surface area contributed by atoms with Gasteiger partial charge >= 0.3 is 0 Å². The Kier molecular flexibility index (Phi) is 11.2. The lowest BCUT2D eigenvalue weighted by Crippen LogP contribution is -2.48. The lowest BCUT2D eigenvalue weighted by Gasteiger charge is -2.28. The molecule has 1 aromatic carbocycles. The molecule has 1 amide bonds. The van der Waals surface area contributed by atoms with E-state index in [9.17, 15) is 9.18 Å². The average Bonchev–Trinajstić information content (AvgIpc) is 2.57. The number of guanidine groups is 1. The van der Waals surface area contributed by atoms with E-state index in [0.29, 0.717) is 38.0 Å². The molecule has 8 heteroatoms. The molecule has 0 aliphatic heterocycles. The number of benzene rings is 1. The van der Waals surface area contributed by atoms with E-state index in [4.69, 9.17) is 4.74 Å². The number of hydrogen-bond donors (Lipinski definition) is 2. The van der Waals surface area contributed by atoms with Gasteiger partial charge in [0.05, 0.1) is 12.0 Å². The molecule has 0 radical (unpaired) electrons. The van der Waals surface area contributed by atoms with E-state index in [1.54, 1.807) is 19.2 Å². The second kappa shape index (κ2) is 11.9. The summed E-state index contributed by atoms with van der Waals surface area (Å²) in [5.74, 6) is 1.01. The van der Waals surface area contributed by atoms with Crippen molar-refractivity contribution in [2.75, 3.05) is 40.3 Å². The highest BCUT2D eigenvalue weighted by atomic mass is 127. The molecule has 0 aliphatic carbocycles. The number of hydrogen-bond acceptors (Lipinski definition) is 3. The van der Waals surface area contributed by atoms with Crippen LogP contribution in [0.3, 0.4) is 0 Å². The van der Waals surface area contributed by atoms with Gasteiger partial charge in [0, 0.05) is 27.2 Å². The molecule has 148 valence electrons. The Morgan fingerprint density at radius 1 is 1.27 bits per heavy atom. The van der Waals surface area contributed by atoms with E-state index in [-0.39, 0.29) is 35.7 Å². The van der Waals surface area contributed by atoms with Crippen molar-refractivity contribution in [3.8, 4) is 5.75 Å². The van der Waals surface area contributed by atoms with Crippen molar-refractivity contribution in [1.82, 2.24) is 15.5 Å². The molecule has 1 rings (SSSR count). The number of ether oxygens (including phenoxy) is 1. The van der Waals surface area contributed by atoms with Gasteiger partial charge in [0.1, 0.15) is 18.2 Å². The van der Waals surface area contributed by atoms with E-state index in [0.717, 1.165) is 0 Å². The number of rotatable bonds is 8. The summed E-state index contributed by atoms with van der Waals surface area (Å²) in [6, 6.07) is 5.92. The van der Waals surface area contributed by atoms with Gasteiger partial charge in [-0.05, 0) is 45.0 Å². The number of carbonyl (C=O) groups is 1. The molecule has 2 N–H and O–H groups in total. The quantitative estimate of drug-likeness (QED) is 0.341. The van der Waals surface area contributed by atoms with Crippen molar-refractivity contribution < 1.29 is 13.9 Å². The van der Waals surface area contributed by atoms with E-state index in [1.807, 2.05) is 32.7 Å². The first-order chi connectivity index (χ1) is 11.8. The van der Waals surface area contributed by atoms with Gasteiger partial charge in [-0.15, -0.1) is 24.0 Å². The molecule has 0 bridgehead atoms. The summed E-state index contributed by atoms with van der Waals surface area (Å²) < 4.78 is 18.4. The Labute approximate surface area is 172 Å². The Morgan fingerprint density at radius 2 is 1.88 bits per heavy atom. The fourth-order valence-electron chi connectivity index (χ4n) is 2.10. The summed E-state index contributed by atoms with van der Waals surface area (Å²) >= 11 is 0. The minimum Gasteiger partial charge on any atom is -0.492 e. The molecule has 0 aromatic heterocycles. The van der Waals surface area contributed by atoms with E-state index < -0.39 is 5.41 Å². The molecule has 0 fully saturated rings. The summed E-state index contributed by atoms with van der Waals surface area (Å²) in [6.45, 7) is 7.77. The maximum Gasteiger partial charge on any atom is 0.227 e. The minimum absolute atomic E-state index is 0. The number of halogens is 2. The Balaban J connectivity index is 0.00000625. The predicted molar refractivity (Wildman–Crippen MR) is 114 cm³/mol. The van der Waals surface area contributed by atoms with Crippen molar-refractivity contribution >= 4 is 35.8 Å². The van der Waals surface area contributed by atoms with Gasteiger partial charge in [0.2, 0.25) is 5.91 Å². The van der Waals surface area contributed by atoms with Gasteiger partial charge in [-0.3, -0.25) is 9.79 Å². The maximum absolute atomic E-state index is 12.9. The summed E-state index contributed by atoms with van der Waals surface area (Å²) in [4.78, 5) is 18.2. The summed E-state index contributed by atoms with van der Waals surface area (Å²) in [5, 5.41) is 6.05. The van der Waals surface area contributed by atoms with Gasteiger partial charge in [0.15, 0.2) is 5.96 Å². The molecule has 26 heavy (non-hydrogen) atoms. The predicted octanol–water partition coefficient (Wildman–Crippen LogP) is 2.49. The van der Waals surface area contributed by atoms with Crippen molar-refractivity contribution in [3.63, 3.8) is 0 Å². The normalized spacial score (nSPS) is 11.4. The molecule has 0 saturated heterocycles. The van der Waals surface area contributed by atoms with Crippen molar-refractivity contribution in [2.24, 2.45) is 10.4 Å². The largest absolute Gasteiger partial charge is 0.492 e. The highest BCUT2D eigenvalue weighted by Crippen LogP contribution is 2.14. The number of carbonyl (C=O) groups excluding carboxylic acids is 1. The SMILES string of the molecule is CCNC(=O)C(C)(C)CNC(=NC)N(C)CCOc1ccc(F)cc1.I. The third-order valence-electron chi connectivity index (χ3n) is 3.72. The first-order valence-corrected chi connectivity index (χ1v) is 8.38. The fourth-order valence-corrected chi connectivity index (χ4v) is 2.10. The lowest BCUT2D eigenvalue weighted by atomic mass is 9.92. The smallest absolute Gasteiger partial charge is 0.227 e. The van der Waals surface area contributed by atoms with Crippen LogP contribution in [-0.4, -0.2) is 57.1 Å². The van der Waals surface area contributed by atoms with Crippen LogP contribution in [0.15, 0.2) is 29.3 Å². The van der Waals surface area contributed by atoms with E-state index in [2.05, 4.69) is 15.6 Å². The maximum atomic E-state index is 12.9. The molecule has 0 atom stereocenters. The first-order valence-electron chi connectivity index (χ1n) is 8.38. The Bertz CT molecular complexity index is 579. The third-order valence-corrected chi connectivity index (χ3v) is 3.72. The Morgan fingerprint density at radius 3 is 2.42 bits per heavy atom. The summed E-state index contributed by atoms with van der Waals surface area (Å²) in [7, 11) is 3.58. The van der Waals surface area contributed by atoms with Gasteiger partial charge in [-0.1, -0.05) is 0 Å². The number of likely N-dealkylation sites (N-methyl/N-ethyl adjacent to an activating group) is 1. The monoisotopic (exact) mass is 480 g/mol. The zero-order valence-electron chi connectivity index (χ0n) is 16.1. The molecule has 0 saturated carbocycles. The van der Waals surface area contributed by atoms with E-state index in [1.165, 1.54) is 12.1 Å². The molecular weight excluding hydrogens is 450 g/mol. The van der Waals surface area contributed by atoms with Crippen LogP contribution in [-0.2, 0) is 4.79 Å². The van der Waals surface area contributed by atoms with Gasteiger partial charge < -0.3 is 20.3 Å². The van der Waals surface area contributed by atoms with Crippen LogP contribution in [0.1, 0.15) is 20.8 Å². The Hall–Kier alpha value is -1.58. The van der Waals surface area contributed by atoms with Crippen LogP contribution in [0.25, 0.3) is 0 Å². The van der Waals surface area contributed by atoms with Crippen LogP contribution in [0.5, 0.6) is 5.75 Å². The van der Waals surface area contributed by atoms with Crippen LogP contribution in [0, 0.1) is 11.2 Å². The minimum atomic E-state index is -0.544. The van der Waals surface area contributed by atoms with Gasteiger partial charge in [-0.2, -0.15) is 0 Å². The highest BCUT2D eigenvalue weighted by molar-refractivity contribution is 14.0. The molecule has 1 aromatic rings. The number of nitrogens with zero attached hydrogens (tertiary/aromatic N) is 2. The molecule has 0 spiro atoms. The number of amides is 1. The van der Waals surface area contributed by atoms with Crippen molar-refractivity contribution in [3.05, 3.63) is 30.1 Å². The van der Waals surface area contributed by atoms with Crippen LogP contribution in [0.2, 0.25) is 0 Å². The highest BCUT2D eigenvalue weighted by Gasteiger charge is 2.27. The van der Waals surface area contributed by atoms with Crippen LogP contribution >= 0.6 is 24.0 Å². The van der Waals surface area contributed by atoms with Crippen molar-refractivity contribution in [1.29, 1.82) is 0 Å². The van der Waals surface area contributed by atoms with Crippen LogP contribution < -0.4 is 15.4 Å². The van der Waals surface area contributed by atoms with Gasteiger partial charge in [0.25, 0.3) is 0 Å². The zero-order chi connectivity index (χ0) is 18.9. The molecule has 0 unspecified atom stereocenters. The summed E-state index contributed by atoms with van der Waals surface area (Å²) in [6.07, 6.45) is 0. The molecule has 0 aliphatic rings. The molecule has 6 nitrogen and oxygen atoms in total. The van der Waals surface area contributed by atoms with Crippen molar-refractivity contribution in [2.45, 2.75) is 20.8 Å².